The minimum Gasteiger partial charge on any atom is -0.305 e. The van der Waals surface area contributed by atoms with Gasteiger partial charge in [0.05, 0.1) is 23.0 Å². The van der Waals surface area contributed by atoms with Crippen LogP contribution in [-0.4, -0.2) is 16.3 Å². The number of aromatic nitrogens is 2. The zero-order valence-electron chi connectivity index (χ0n) is 12.0. The number of nitrogens with zero attached hydrogens (tertiary/aromatic N) is 2. The van der Waals surface area contributed by atoms with Gasteiger partial charge in [-0.15, -0.1) is 0 Å². The van der Waals surface area contributed by atoms with Gasteiger partial charge in [0.15, 0.2) is 0 Å². The molecule has 0 aliphatic carbocycles. The van der Waals surface area contributed by atoms with Crippen LogP contribution in [-0.2, 0) is 6.54 Å². The Morgan fingerprint density at radius 2 is 2.00 bits per heavy atom. The first-order valence-corrected chi connectivity index (χ1v) is 7.54. The Morgan fingerprint density at radius 3 is 2.60 bits per heavy atom. The average Bonchev–Trinajstić information content (AvgIpc) is 2.78. The number of hydrogen-bond acceptors (Lipinski definition) is 2. The molecule has 0 aliphatic heterocycles. The highest BCUT2D eigenvalue weighted by atomic mass is 35.5. The number of hydrogen-bond donors (Lipinski definition) is 1. The lowest BCUT2D eigenvalue weighted by Gasteiger charge is -2.21. The van der Waals surface area contributed by atoms with Gasteiger partial charge in [-0.1, -0.05) is 42.3 Å². The molecule has 0 saturated carbocycles. The summed E-state index contributed by atoms with van der Waals surface area (Å²) >= 11 is 12.7. The molecule has 1 unspecified atom stereocenters. The van der Waals surface area contributed by atoms with E-state index in [9.17, 15) is 0 Å². The topological polar surface area (TPSA) is 29.9 Å². The number of benzene rings is 1. The second-order valence-electron chi connectivity index (χ2n) is 4.71. The van der Waals surface area contributed by atoms with E-state index >= 15 is 0 Å². The summed E-state index contributed by atoms with van der Waals surface area (Å²) in [5.74, 6) is 0. The summed E-state index contributed by atoms with van der Waals surface area (Å²) in [7, 11) is 0. The van der Waals surface area contributed by atoms with Crippen LogP contribution in [0.1, 0.15) is 36.7 Å². The zero-order valence-corrected chi connectivity index (χ0v) is 13.5. The Bertz CT molecular complexity index is 593. The fourth-order valence-electron chi connectivity index (χ4n) is 2.34. The van der Waals surface area contributed by atoms with Gasteiger partial charge in [0, 0.05) is 11.6 Å². The summed E-state index contributed by atoms with van der Waals surface area (Å²) in [5.41, 5.74) is 3.13. The maximum Gasteiger partial charge on any atom is 0.0837 e. The molecule has 0 aliphatic rings. The third-order valence-electron chi connectivity index (χ3n) is 3.28. The van der Waals surface area contributed by atoms with Gasteiger partial charge in [0.1, 0.15) is 0 Å². The highest BCUT2D eigenvalue weighted by Gasteiger charge is 2.23. The Hall–Kier alpha value is -1.03. The first kappa shape index (κ1) is 15.4. The third kappa shape index (κ3) is 3.00. The first-order valence-electron chi connectivity index (χ1n) is 6.79. The molecule has 0 saturated heterocycles. The molecule has 1 heterocycles. The van der Waals surface area contributed by atoms with Crippen LogP contribution in [0.4, 0.5) is 0 Å². The molecule has 0 radical (unpaired) electrons. The lowest BCUT2D eigenvalue weighted by atomic mass is 10.0. The molecule has 2 aromatic rings. The Morgan fingerprint density at radius 1 is 1.25 bits per heavy atom. The SMILES string of the molecule is CCNC(c1ccc(C)cc1Cl)c1c(Cl)cnn1CC. The third-order valence-corrected chi connectivity index (χ3v) is 3.90. The van der Waals surface area contributed by atoms with Crippen LogP contribution in [0.5, 0.6) is 0 Å². The number of halogens is 2. The van der Waals surface area contributed by atoms with Gasteiger partial charge in [-0.25, -0.2) is 0 Å². The quantitative estimate of drug-likeness (QED) is 0.896. The molecule has 3 nitrogen and oxygen atoms in total. The molecule has 1 aromatic heterocycles. The minimum absolute atomic E-state index is 0.0527. The van der Waals surface area contributed by atoms with Crippen molar-refractivity contribution in [2.75, 3.05) is 6.54 Å². The second-order valence-corrected chi connectivity index (χ2v) is 5.52. The van der Waals surface area contributed by atoms with Crippen molar-refractivity contribution < 1.29 is 0 Å². The van der Waals surface area contributed by atoms with E-state index in [-0.39, 0.29) is 6.04 Å². The van der Waals surface area contributed by atoms with Crippen LogP contribution in [0.3, 0.4) is 0 Å². The van der Waals surface area contributed by atoms with Crippen LogP contribution in [0.25, 0.3) is 0 Å². The maximum atomic E-state index is 6.41. The highest BCUT2D eigenvalue weighted by molar-refractivity contribution is 6.32. The van der Waals surface area contributed by atoms with Crippen molar-refractivity contribution in [1.29, 1.82) is 0 Å². The minimum atomic E-state index is -0.0527. The van der Waals surface area contributed by atoms with E-state index in [4.69, 9.17) is 23.2 Å². The predicted molar refractivity (Wildman–Crippen MR) is 84.6 cm³/mol. The first-order chi connectivity index (χ1) is 9.58. The van der Waals surface area contributed by atoms with E-state index in [0.717, 1.165) is 34.9 Å². The monoisotopic (exact) mass is 311 g/mol. The predicted octanol–water partition coefficient (Wildman–Crippen LogP) is 4.22. The molecular formula is C15H19Cl2N3. The van der Waals surface area contributed by atoms with Crippen LogP contribution in [0.15, 0.2) is 24.4 Å². The van der Waals surface area contributed by atoms with Crippen LogP contribution in [0.2, 0.25) is 10.0 Å². The van der Waals surface area contributed by atoms with Gasteiger partial charge in [-0.3, -0.25) is 4.68 Å². The summed E-state index contributed by atoms with van der Waals surface area (Å²) < 4.78 is 1.91. The van der Waals surface area contributed by atoms with Gasteiger partial charge in [0.2, 0.25) is 0 Å². The summed E-state index contributed by atoms with van der Waals surface area (Å²) in [6.45, 7) is 7.73. The van der Waals surface area contributed by atoms with Crippen molar-refractivity contribution in [2.45, 2.75) is 33.4 Å². The van der Waals surface area contributed by atoms with Crippen molar-refractivity contribution in [2.24, 2.45) is 0 Å². The summed E-state index contributed by atoms with van der Waals surface area (Å²) in [5, 5.41) is 9.17. The number of rotatable bonds is 5. The van der Waals surface area contributed by atoms with E-state index in [1.165, 1.54) is 0 Å². The van der Waals surface area contributed by atoms with Gasteiger partial charge >= 0.3 is 0 Å². The van der Waals surface area contributed by atoms with Crippen molar-refractivity contribution in [1.82, 2.24) is 15.1 Å². The molecular weight excluding hydrogens is 293 g/mol. The lowest BCUT2D eigenvalue weighted by Crippen LogP contribution is -2.25. The fraction of sp³-hybridized carbons (Fsp3) is 0.400. The Kier molecular flexibility index (Phi) is 5.08. The average molecular weight is 312 g/mol. The zero-order chi connectivity index (χ0) is 14.7. The van der Waals surface area contributed by atoms with Crippen molar-refractivity contribution in [3.8, 4) is 0 Å². The van der Waals surface area contributed by atoms with E-state index in [1.807, 2.05) is 30.7 Å². The second kappa shape index (κ2) is 6.61. The maximum absolute atomic E-state index is 6.41. The molecule has 2 rings (SSSR count). The molecule has 108 valence electrons. The molecule has 0 amide bonds. The van der Waals surface area contributed by atoms with Crippen LogP contribution < -0.4 is 5.32 Å². The molecule has 1 N–H and O–H groups in total. The summed E-state index contributed by atoms with van der Waals surface area (Å²) in [4.78, 5) is 0. The Labute approximate surface area is 129 Å². The smallest absolute Gasteiger partial charge is 0.0837 e. The molecule has 5 heteroatoms. The van der Waals surface area contributed by atoms with Gasteiger partial charge < -0.3 is 5.32 Å². The van der Waals surface area contributed by atoms with Crippen LogP contribution in [0, 0.1) is 6.92 Å². The largest absolute Gasteiger partial charge is 0.305 e. The van der Waals surface area contributed by atoms with Gasteiger partial charge in [-0.2, -0.15) is 5.10 Å². The van der Waals surface area contributed by atoms with E-state index in [2.05, 4.69) is 23.4 Å². The van der Waals surface area contributed by atoms with Crippen LogP contribution >= 0.6 is 23.2 Å². The number of aryl methyl sites for hydroxylation is 2. The molecule has 0 spiro atoms. The molecule has 0 fully saturated rings. The molecule has 1 atom stereocenters. The summed E-state index contributed by atoms with van der Waals surface area (Å²) in [6.07, 6.45) is 1.69. The van der Waals surface area contributed by atoms with Gasteiger partial charge in [-0.05, 0) is 37.6 Å². The molecule has 20 heavy (non-hydrogen) atoms. The standard InChI is InChI=1S/C15H19Cl2N3/c1-4-18-14(11-7-6-10(3)8-12(11)16)15-13(17)9-19-20(15)5-2/h6-9,14,18H,4-5H2,1-3H3. The van der Waals surface area contributed by atoms with Crippen molar-refractivity contribution in [3.63, 3.8) is 0 Å². The number of nitrogens with one attached hydrogen (secondary N) is 1. The molecule has 0 bridgehead atoms. The van der Waals surface area contributed by atoms with Gasteiger partial charge in [0.25, 0.3) is 0 Å². The van der Waals surface area contributed by atoms with E-state index in [0.29, 0.717) is 5.02 Å². The fourth-order valence-corrected chi connectivity index (χ4v) is 2.93. The Balaban J connectivity index is 2.53. The van der Waals surface area contributed by atoms with E-state index in [1.54, 1.807) is 6.20 Å². The lowest BCUT2D eigenvalue weighted by molar-refractivity contribution is 0.542. The highest BCUT2D eigenvalue weighted by Crippen LogP contribution is 2.32. The normalized spacial score (nSPS) is 12.7. The van der Waals surface area contributed by atoms with E-state index < -0.39 is 0 Å². The van der Waals surface area contributed by atoms with Crippen molar-refractivity contribution >= 4 is 23.2 Å². The summed E-state index contributed by atoms with van der Waals surface area (Å²) in [6, 6.07) is 6.03. The molecule has 1 aromatic carbocycles. The van der Waals surface area contributed by atoms with Crippen molar-refractivity contribution in [3.05, 3.63) is 51.3 Å².